The monoisotopic (exact) mass is 262 g/mol. The van der Waals surface area contributed by atoms with Crippen molar-refractivity contribution in [3.05, 3.63) is 29.8 Å². The molecule has 1 unspecified atom stereocenters. The molecule has 0 radical (unpaired) electrons. The molecule has 1 aliphatic rings. The largest absolute Gasteiger partial charge is 0.481 e. The molecule has 1 heterocycles. The van der Waals surface area contributed by atoms with E-state index >= 15 is 0 Å². The lowest BCUT2D eigenvalue weighted by molar-refractivity contribution is -0.136. The molecule has 4 nitrogen and oxygen atoms in total. The van der Waals surface area contributed by atoms with E-state index in [-0.39, 0.29) is 6.42 Å². The van der Waals surface area contributed by atoms with Crippen LogP contribution in [0, 0.1) is 6.92 Å². The lowest BCUT2D eigenvalue weighted by Crippen LogP contribution is -2.39. The Morgan fingerprint density at radius 1 is 1.47 bits per heavy atom. The van der Waals surface area contributed by atoms with E-state index in [9.17, 15) is 4.79 Å². The Morgan fingerprint density at radius 2 is 2.21 bits per heavy atom. The number of likely N-dealkylation sites (N-methyl/N-ethyl adjacent to an activating group) is 1. The first kappa shape index (κ1) is 13.9. The molecule has 1 atom stereocenters. The van der Waals surface area contributed by atoms with Crippen molar-refractivity contribution in [2.45, 2.75) is 25.8 Å². The molecule has 0 aliphatic carbocycles. The van der Waals surface area contributed by atoms with E-state index in [1.807, 2.05) is 12.1 Å². The summed E-state index contributed by atoms with van der Waals surface area (Å²) in [5.74, 6) is -0.732. The maximum atomic E-state index is 10.9. The molecule has 1 aromatic carbocycles. The standard InChI is InChI=1S/C15H22N2O2/c1-12-5-3-4-6-14(12)17(10-8-15(18)19)13-7-9-16(2)11-13/h3-6,13H,7-11H2,1-2H3,(H,18,19). The fourth-order valence-electron chi connectivity index (χ4n) is 2.77. The molecule has 1 saturated heterocycles. The molecule has 2 rings (SSSR count). The first-order valence-electron chi connectivity index (χ1n) is 6.80. The molecule has 0 spiro atoms. The second-order valence-corrected chi connectivity index (χ2v) is 5.33. The van der Waals surface area contributed by atoms with Gasteiger partial charge in [-0.1, -0.05) is 18.2 Å². The van der Waals surface area contributed by atoms with E-state index in [2.05, 4.69) is 35.9 Å². The maximum Gasteiger partial charge on any atom is 0.305 e. The molecular weight excluding hydrogens is 240 g/mol. The summed E-state index contributed by atoms with van der Waals surface area (Å²) in [5.41, 5.74) is 2.38. The molecule has 4 heteroatoms. The van der Waals surface area contributed by atoms with Gasteiger partial charge in [-0.15, -0.1) is 0 Å². The number of carbonyl (C=O) groups is 1. The Morgan fingerprint density at radius 3 is 2.79 bits per heavy atom. The summed E-state index contributed by atoms with van der Waals surface area (Å²) in [7, 11) is 2.12. The number of hydrogen-bond acceptors (Lipinski definition) is 3. The summed E-state index contributed by atoms with van der Waals surface area (Å²) in [6.07, 6.45) is 1.29. The zero-order valence-electron chi connectivity index (χ0n) is 11.7. The summed E-state index contributed by atoms with van der Waals surface area (Å²) >= 11 is 0. The number of para-hydroxylation sites is 1. The number of aryl methyl sites for hydroxylation is 1. The van der Waals surface area contributed by atoms with Gasteiger partial charge < -0.3 is 14.9 Å². The third-order valence-corrected chi connectivity index (χ3v) is 3.80. The number of carboxylic acid groups (broad SMARTS) is 1. The van der Waals surface area contributed by atoms with Gasteiger partial charge >= 0.3 is 5.97 Å². The molecule has 0 aromatic heterocycles. The van der Waals surface area contributed by atoms with E-state index in [0.29, 0.717) is 12.6 Å². The van der Waals surface area contributed by atoms with Gasteiger partial charge in [0.05, 0.1) is 6.42 Å². The van der Waals surface area contributed by atoms with Gasteiger partial charge in [-0.05, 0) is 38.6 Å². The van der Waals surface area contributed by atoms with E-state index in [1.54, 1.807) is 0 Å². The quantitative estimate of drug-likeness (QED) is 0.881. The van der Waals surface area contributed by atoms with Gasteiger partial charge in [0.2, 0.25) is 0 Å². The number of likely N-dealkylation sites (tertiary alicyclic amines) is 1. The number of rotatable bonds is 5. The predicted octanol–water partition coefficient (Wildman–Crippen LogP) is 1.98. The van der Waals surface area contributed by atoms with E-state index in [4.69, 9.17) is 5.11 Å². The van der Waals surface area contributed by atoms with E-state index in [1.165, 1.54) is 11.3 Å². The Bertz CT molecular complexity index is 448. The molecular formula is C15H22N2O2. The second kappa shape index (κ2) is 6.06. The molecule has 1 N–H and O–H groups in total. The fraction of sp³-hybridized carbons (Fsp3) is 0.533. The predicted molar refractivity (Wildman–Crippen MR) is 76.7 cm³/mol. The van der Waals surface area contributed by atoms with Crippen molar-refractivity contribution >= 4 is 11.7 Å². The van der Waals surface area contributed by atoms with Crippen molar-refractivity contribution in [1.29, 1.82) is 0 Å². The van der Waals surface area contributed by atoms with Crippen LogP contribution in [0.4, 0.5) is 5.69 Å². The lowest BCUT2D eigenvalue weighted by Gasteiger charge is -2.32. The van der Waals surface area contributed by atoms with Gasteiger partial charge in [-0.2, -0.15) is 0 Å². The highest BCUT2D eigenvalue weighted by Gasteiger charge is 2.26. The normalized spacial score (nSPS) is 19.6. The van der Waals surface area contributed by atoms with Crippen molar-refractivity contribution in [3.63, 3.8) is 0 Å². The highest BCUT2D eigenvalue weighted by atomic mass is 16.4. The highest BCUT2D eigenvalue weighted by molar-refractivity contribution is 5.68. The minimum atomic E-state index is -0.732. The summed E-state index contributed by atoms with van der Waals surface area (Å²) in [4.78, 5) is 15.4. The Kier molecular flexibility index (Phi) is 4.43. The van der Waals surface area contributed by atoms with Crippen LogP contribution >= 0.6 is 0 Å². The van der Waals surface area contributed by atoms with Gasteiger partial charge in [0.1, 0.15) is 0 Å². The summed E-state index contributed by atoms with van der Waals surface area (Å²) in [6, 6.07) is 8.64. The smallest absolute Gasteiger partial charge is 0.305 e. The Hall–Kier alpha value is -1.55. The van der Waals surface area contributed by atoms with Crippen molar-refractivity contribution < 1.29 is 9.90 Å². The van der Waals surface area contributed by atoms with E-state index in [0.717, 1.165) is 19.5 Å². The van der Waals surface area contributed by atoms with Crippen LogP contribution in [0.3, 0.4) is 0 Å². The van der Waals surface area contributed by atoms with Crippen LogP contribution in [0.5, 0.6) is 0 Å². The lowest BCUT2D eigenvalue weighted by atomic mass is 10.1. The SMILES string of the molecule is Cc1ccccc1N(CCC(=O)O)C1CCN(C)C1. The number of anilines is 1. The molecule has 1 aliphatic heterocycles. The molecule has 1 aromatic rings. The number of benzene rings is 1. The Balaban J connectivity index is 2.18. The molecule has 0 saturated carbocycles. The topological polar surface area (TPSA) is 43.8 Å². The molecule has 1 fully saturated rings. The average Bonchev–Trinajstić information content (AvgIpc) is 2.78. The van der Waals surface area contributed by atoms with Crippen LogP contribution in [-0.2, 0) is 4.79 Å². The van der Waals surface area contributed by atoms with E-state index < -0.39 is 5.97 Å². The summed E-state index contributed by atoms with van der Waals surface area (Å²) < 4.78 is 0. The summed E-state index contributed by atoms with van der Waals surface area (Å²) in [5, 5.41) is 8.94. The zero-order valence-corrected chi connectivity index (χ0v) is 11.7. The van der Waals surface area contributed by atoms with Crippen LogP contribution in [-0.4, -0.2) is 48.7 Å². The number of nitrogens with zero attached hydrogens (tertiary/aromatic N) is 2. The first-order chi connectivity index (χ1) is 9.08. The number of hydrogen-bond donors (Lipinski definition) is 1. The molecule has 104 valence electrons. The molecule has 19 heavy (non-hydrogen) atoms. The zero-order chi connectivity index (χ0) is 13.8. The average molecular weight is 262 g/mol. The highest BCUT2D eigenvalue weighted by Crippen LogP contribution is 2.25. The van der Waals surface area contributed by atoms with Crippen LogP contribution in [0.1, 0.15) is 18.4 Å². The van der Waals surface area contributed by atoms with Crippen LogP contribution in [0.2, 0.25) is 0 Å². The number of aliphatic carboxylic acids is 1. The van der Waals surface area contributed by atoms with Crippen molar-refractivity contribution in [3.8, 4) is 0 Å². The second-order valence-electron chi connectivity index (χ2n) is 5.33. The van der Waals surface area contributed by atoms with Crippen LogP contribution < -0.4 is 4.90 Å². The third kappa shape index (κ3) is 3.47. The minimum Gasteiger partial charge on any atom is -0.481 e. The van der Waals surface area contributed by atoms with Crippen LogP contribution in [0.25, 0.3) is 0 Å². The first-order valence-corrected chi connectivity index (χ1v) is 6.80. The van der Waals surface area contributed by atoms with Gasteiger partial charge in [-0.3, -0.25) is 4.79 Å². The van der Waals surface area contributed by atoms with Gasteiger partial charge in [-0.25, -0.2) is 0 Å². The number of carboxylic acids is 1. The third-order valence-electron chi connectivity index (χ3n) is 3.80. The van der Waals surface area contributed by atoms with Crippen molar-refractivity contribution in [1.82, 2.24) is 4.90 Å². The fourth-order valence-corrected chi connectivity index (χ4v) is 2.77. The van der Waals surface area contributed by atoms with Gasteiger partial charge in [0.25, 0.3) is 0 Å². The molecule has 0 amide bonds. The Labute approximate surface area is 114 Å². The summed E-state index contributed by atoms with van der Waals surface area (Å²) in [6.45, 7) is 4.76. The van der Waals surface area contributed by atoms with Crippen molar-refractivity contribution in [2.24, 2.45) is 0 Å². The maximum absolute atomic E-state index is 10.9. The van der Waals surface area contributed by atoms with Gasteiger partial charge in [0, 0.05) is 24.8 Å². The van der Waals surface area contributed by atoms with Gasteiger partial charge in [0.15, 0.2) is 0 Å². The van der Waals surface area contributed by atoms with Crippen LogP contribution in [0.15, 0.2) is 24.3 Å². The van der Waals surface area contributed by atoms with Crippen molar-refractivity contribution in [2.75, 3.05) is 31.6 Å². The minimum absolute atomic E-state index is 0.189. The molecule has 0 bridgehead atoms.